The Morgan fingerprint density at radius 2 is 1.53 bits per heavy atom. The maximum Gasteiger partial charge on any atom is 0.347 e. The standard InChI is InChI=1S/C29H33ClN2O4/c1-20-25(27(33)36-23-15-11-8-12-16-23)24(35-19-21-13-9-7-10-14-21)17-22(26(20)30)18-32(6)29(2,3)28(34)31(4)5/h7-17H,18-19H2,1-6H3. The van der Waals surface area contributed by atoms with E-state index in [0.717, 1.165) is 11.1 Å². The summed E-state index contributed by atoms with van der Waals surface area (Å²) in [6, 6.07) is 20.3. The molecule has 0 radical (unpaired) electrons. The second-order valence-electron chi connectivity index (χ2n) is 9.44. The lowest BCUT2D eigenvalue weighted by atomic mass is 9.98. The topological polar surface area (TPSA) is 59.1 Å². The van der Waals surface area contributed by atoms with Crippen LogP contribution in [-0.2, 0) is 17.9 Å². The van der Waals surface area contributed by atoms with Gasteiger partial charge in [0.05, 0.1) is 5.54 Å². The number of benzene rings is 3. The molecule has 0 saturated carbocycles. The number of hydrogen-bond donors (Lipinski definition) is 0. The van der Waals surface area contributed by atoms with Gasteiger partial charge in [0.15, 0.2) is 0 Å². The Morgan fingerprint density at radius 1 is 0.944 bits per heavy atom. The van der Waals surface area contributed by atoms with Gasteiger partial charge < -0.3 is 14.4 Å². The number of amides is 1. The van der Waals surface area contributed by atoms with Crippen molar-refractivity contribution in [3.63, 3.8) is 0 Å². The van der Waals surface area contributed by atoms with Crippen molar-refractivity contribution in [2.45, 2.75) is 39.5 Å². The second-order valence-corrected chi connectivity index (χ2v) is 9.82. The molecular formula is C29H33ClN2O4. The molecule has 36 heavy (non-hydrogen) atoms. The Balaban J connectivity index is 1.99. The van der Waals surface area contributed by atoms with Gasteiger partial charge in [-0.2, -0.15) is 0 Å². The highest BCUT2D eigenvalue weighted by Gasteiger charge is 2.34. The molecule has 3 rings (SSSR count). The molecule has 0 N–H and O–H groups in total. The van der Waals surface area contributed by atoms with Gasteiger partial charge in [0.2, 0.25) is 5.91 Å². The number of carbonyl (C=O) groups is 2. The molecule has 0 aliphatic carbocycles. The number of likely N-dealkylation sites (N-methyl/N-ethyl adjacent to an activating group) is 2. The average molecular weight is 509 g/mol. The number of ether oxygens (including phenoxy) is 2. The highest BCUT2D eigenvalue weighted by atomic mass is 35.5. The fourth-order valence-corrected chi connectivity index (χ4v) is 4.07. The van der Waals surface area contributed by atoms with E-state index in [0.29, 0.717) is 28.6 Å². The molecule has 190 valence electrons. The molecule has 3 aromatic carbocycles. The van der Waals surface area contributed by atoms with E-state index in [9.17, 15) is 9.59 Å². The van der Waals surface area contributed by atoms with Crippen LogP contribution >= 0.6 is 11.6 Å². The molecule has 0 aliphatic heterocycles. The van der Waals surface area contributed by atoms with Crippen LogP contribution in [0, 0.1) is 6.92 Å². The van der Waals surface area contributed by atoms with E-state index in [1.54, 1.807) is 56.3 Å². The van der Waals surface area contributed by atoms with Crippen LogP contribution in [-0.4, -0.2) is 48.4 Å². The highest BCUT2D eigenvalue weighted by Crippen LogP contribution is 2.35. The Hall–Kier alpha value is -3.35. The summed E-state index contributed by atoms with van der Waals surface area (Å²) in [5.41, 5.74) is 1.77. The fraction of sp³-hybridized carbons (Fsp3) is 0.310. The average Bonchev–Trinajstić information content (AvgIpc) is 2.86. The monoisotopic (exact) mass is 508 g/mol. The minimum atomic E-state index is -0.767. The molecule has 0 heterocycles. The lowest BCUT2D eigenvalue weighted by Gasteiger charge is -2.36. The zero-order chi connectivity index (χ0) is 26.5. The summed E-state index contributed by atoms with van der Waals surface area (Å²) in [5.74, 6) is 0.231. The molecule has 1 amide bonds. The van der Waals surface area contributed by atoms with Gasteiger partial charge in [-0.1, -0.05) is 60.1 Å². The number of esters is 1. The van der Waals surface area contributed by atoms with Crippen molar-refractivity contribution >= 4 is 23.5 Å². The Bertz CT molecular complexity index is 1210. The molecule has 0 aliphatic rings. The first kappa shape index (κ1) is 27.2. The Labute approximate surface area is 218 Å². The largest absolute Gasteiger partial charge is 0.488 e. The van der Waals surface area contributed by atoms with E-state index in [-0.39, 0.29) is 18.1 Å². The molecule has 3 aromatic rings. The normalized spacial score (nSPS) is 11.3. The van der Waals surface area contributed by atoms with Crippen LogP contribution in [0.2, 0.25) is 5.02 Å². The number of rotatable bonds is 9. The first-order chi connectivity index (χ1) is 17.0. The third kappa shape index (κ3) is 6.25. The molecule has 0 spiro atoms. The van der Waals surface area contributed by atoms with E-state index in [4.69, 9.17) is 21.1 Å². The van der Waals surface area contributed by atoms with E-state index in [1.165, 1.54) is 0 Å². The van der Waals surface area contributed by atoms with E-state index in [1.807, 2.05) is 62.2 Å². The lowest BCUT2D eigenvalue weighted by Crippen LogP contribution is -2.52. The van der Waals surface area contributed by atoms with Gasteiger partial charge in [-0.05, 0) is 62.7 Å². The molecule has 0 atom stereocenters. The summed E-state index contributed by atoms with van der Waals surface area (Å²) in [4.78, 5) is 29.5. The van der Waals surface area contributed by atoms with Crippen LogP contribution in [0.5, 0.6) is 11.5 Å². The van der Waals surface area contributed by atoms with Gasteiger partial charge in [0.25, 0.3) is 0 Å². The maximum absolute atomic E-state index is 13.3. The zero-order valence-electron chi connectivity index (χ0n) is 21.7. The molecule has 0 fully saturated rings. The Kier molecular flexibility index (Phi) is 8.77. The van der Waals surface area contributed by atoms with Crippen LogP contribution < -0.4 is 9.47 Å². The number of nitrogens with zero attached hydrogens (tertiary/aromatic N) is 2. The fourth-order valence-electron chi connectivity index (χ4n) is 3.86. The van der Waals surface area contributed by atoms with E-state index >= 15 is 0 Å². The third-order valence-electron chi connectivity index (χ3n) is 6.22. The molecule has 6 nitrogen and oxygen atoms in total. The van der Waals surface area contributed by atoms with Crippen molar-refractivity contribution in [1.82, 2.24) is 9.80 Å². The summed E-state index contributed by atoms with van der Waals surface area (Å²) in [6.07, 6.45) is 0. The summed E-state index contributed by atoms with van der Waals surface area (Å²) in [5, 5.41) is 0.432. The predicted molar refractivity (Wildman–Crippen MR) is 143 cm³/mol. The molecule has 0 aromatic heterocycles. The first-order valence-corrected chi connectivity index (χ1v) is 12.1. The second kappa shape index (κ2) is 11.6. The van der Waals surface area contributed by atoms with E-state index in [2.05, 4.69) is 0 Å². The van der Waals surface area contributed by atoms with Crippen LogP contribution in [0.25, 0.3) is 0 Å². The van der Waals surface area contributed by atoms with Gasteiger partial charge in [0, 0.05) is 25.7 Å². The summed E-state index contributed by atoms with van der Waals surface area (Å²) < 4.78 is 11.8. The maximum atomic E-state index is 13.3. The SMILES string of the molecule is Cc1c(Cl)c(CN(C)C(C)(C)C(=O)N(C)C)cc(OCc2ccccc2)c1C(=O)Oc1ccccc1. The molecule has 0 bridgehead atoms. The summed E-state index contributed by atoms with van der Waals surface area (Å²) >= 11 is 6.79. The first-order valence-electron chi connectivity index (χ1n) is 11.7. The number of hydrogen-bond acceptors (Lipinski definition) is 5. The summed E-state index contributed by atoms with van der Waals surface area (Å²) in [6.45, 7) is 6.16. The zero-order valence-corrected chi connectivity index (χ0v) is 22.4. The summed E-state index contributed by atoms with van der Waals surface area (Å²) in [7, 11) is 5.34. The number of halogens is 1. The van der Waals surface area contributed by atoms with Crippen molar-refractivity contribution in [3.05, 3.63) is 94.0 Å². The number of carbonyl (C=O) groups excluding carboxylic acids is 2. The lowest BCUT2D eigenvalue weighted by molar-refractivity contribution is -0.139. The van der Waals surface area contributed by atoms with Crippen LogP contribution in [0.1, 0.15) is 40.9 Å². The molecule has 7 heteroatoms. The molecule has 0 saturated heterocycles. The Morgan fingerprint density at radius 3 is 2.11 bits per heavy atom. The van der Waals surface area contributed by atoms with Crippen LogP contribution in [0.4, 0.5) is 0 Å². The van der Waals surface area contributed by atoms with Gasteiger partial charge >= 0.3 is 5.97 Å². The molecule has 0 unspecified atom stereocenters. The minimum Gasteiger partial charge on any atom is -0.488 e. The van der Waals surface area contributed by atoms with Gasteiger partial charge in [-0.3, -0.25) is 9.69 Å². The van der Waals surface area contributed by atoms with Crippen molar-refractivity contribution in [1.29, 1.82) is 0 Å². The van der Waals surface area contributed by atoms with Crippen molar-refractivity contribution < 1.29 is 19.1 Å². The van der Waals surface area contributed by atoms with Crippen molar-refractivity contribution in [2.75, 3.05) is 21.1 Å². The van der Waals surface area contributed by atoms with Crippen LogP contribution in [0.3, 0.4) is 0 Å². The number of para-hydroxylation sites is 1. The highest BCUT2D eigenvalue weighted by molar-refractivity contribution is 6.32. The van der Waals surface area contributed by atoms with Crippen molar-refractivity contribution in [3.8, 4) is 11.5 Å². The quantitative estimate of drug-likeness (QED) is 0.272. The van der Waals surface area contributed by atoms with Gasteiger partial charge in [-0.15, -0.1) is 0 Å². The van der Waals surface area contributed by atoms with Gasteiger partial charge in [0.1, 0.15) is 23.7 Å². The van der Waals surface area contributed by atoms with Crippen LogP contribution in [0.15, 0.2) is 66.7 Å². The minimum absolute atomic E-state index is 0.0264. The van der Waals surface area contributed by atoms with Gasteiger partial charge in [-0.25, -0.2) is 4.79 Å². The van der Waals surface area contributed by atoms with Crippen molar-refractivity contribution in [2.24, 2.45) is 0 Å². The smallest absolute Gasteiger partial charge is 0.347 e. The third-order valence-corrected chi connectivity index (χ3v) is 6.75. The predicted octanol–water partition coefficient (Wildman–Crippen LogP) is 5.75. The van der Waals surface area contributed by atoms with E-state index < -0.39 is 11.5 Å². The molecular weight excluding hydrogens is 476 g/mol.